The van der Waals surface area contributed by atoms with E-state index in [1.165, 1.54) is 0 Å². The molecule has 1 aliphatic rings. The van der Waals surface area contributed by atoms with Gasteiger partial charge >= 0.3 is 0 Å². The number of halogens is 1. The molecule has 0 saturated carbocycles. The Kier molecular flexibility index (Phi) is 4.76. The average Bonchev–Trinajstić information content (AvgIpc) is 3.00. The van der Waals surface area contributed by atoms with Crippen molar-refractivity contribution in [2.75, 3.05) is 13.2 Å². The molecule has 2 aromatic rings. The minimum atomic E-state index is -0.714. The van der Waals surface area contributed by atoms with Crippen molar-refractivity contribution in [2.24, 2.45) is 4.99 Å². The quantitative estimate of drug-likeness (QED) is 0.863. The first-order chi connectivity index (χ1) is 11.8. The Morgan fingerprint density at radius 3 is 2.20 bits per heavy atom. The van der Waals surface area contributed by atoms with E-state index in [0.29, 0.717) is 12.5 Å². The molecule has 1 N–H and O–H groups in total. The summed E-state index contributed by atoms with van der Waals surface area (Å²) in [6.07, 6.45) is 0. The van der Waals surface area contributed by atoms with E-state index in [-0.39, 0.29) is 6.61 Å². The maximum atomic E-state index is 9.42. The smallest absolute Gasteiger partial charge is 0.229 e. The Bertz CT molecular complexity index is 769. The third kappa shape index (κ3) is 3.97. The summed E-state index contributed by atoms with van der Waals surface area (Å²) in [6, 6.07) is 15.6. The van der Waals surface area contributed by atoms with Crippen LogP contribution in [0.25, 0.3) is 11.1 Å². The molecule has 3 rings (SSSR count). The van der Waals surface area contributed by atoms with Crippen molar-refractivity contribution in [3.63, 3.8) is 0 Å². The first-order valence-corrected chi connectivity index (χ1v) is 8.58. The van der Waals surface area contributed by atoms with Crippen LogP contribution in [0.5, 0.6) is 5.75 Å². The summed E-state index contributed by atoms with van der Waals surface area (Å²) in [5.74, 6) is 1.23. The zero-order valence-electron chi connectivity index (χ0n) is 14.6. The lowest BCUT2D eigenvalue weighted by Gasteiger charge is -2.25. The van der Waals surface area contributed by atoms with Gasteiger partial charge < -0.3 is 14.6 Å². The van der Waals surface area contributed by atoms with Gasteiger partial charge in [0.25, 0.3) is 0 Å². The number of aliphatic imine (C=N–C) groups is 1. The third-order valence-electron chi connectivity index (χ3n) is 4.15. The normalized spacial score (nSPS) is 20.1. The van der Waals surface area contributed by atoms with E-state index in [9.17, 15) is 5.11 Å². The van der Waals surface area contributed by atoms with E-state index < -0.39 is 11.1 Å². The van der Waals surface area contributed by atoms with E-state index in [2.05, 4.69) is 4.99 Å². The highest BCUT2D eigenvalue weighted by Gasteiger charge is 2.39. The number of ether oxygens (including phenoxy) is 2. The monoisotopic (exact) mass is 359 g/mol. The lowest BCUT2D eigenvalue weighted by molar-refractivity contribution is 0.132. The molecule has 1 unspecified atom stereocenters. The van der Waals surface area contributed by atoms with Crippen LogP contribution in [0.1, 0.15) is 20.8 Å². The topological polar surface area (TPSA) is 51.0 Å². The average molecular weight is 360 g/mol. The van der Waals surface area contributed by atoms with Crippen LogP contribution in [0.3, 0.4) is 0 Å². The van der Waals surface area contributed by atoms with Gasteiger partial charge in [-0.15, -0.1) is 0 Å². The second kappa shape index (κ2) is 6.70. The highest BCUT2D eigenvalue weighted by molar-refractivity contribution is 6.30. The van der Waals surface area contributed by atoms with Crippen LogP contribution in [0.15, 0.2) is 53.5 Å². The Hall–Kier alpha value is -2.04. The minimum Gasteiger partial charge on any atom is -0.478 e. The number of aliphatic hydroxyl groups is 1. The maximum absolute atomic E-state index is 9.42. The van der Waals surface area contributed by atoms with Crippen molar-refractivity contribution < 1.29 is 14.6 Å². The van der Waals surface area contributed by atoms with Crippen molar-refractivity contribution >= 4 is 17.5 Å². The summed E-state index contributed by atoms with van der Waals surface area (Å²) in [4.78, 5) is 4.49. The number of hydrogen-bond acceptors (Lipinski definition) is 4. The number of aliphatic hydroxyl groups excluding tert-OH is 1. The van der Waals surface area contributed by atoms with Crippen LogP contribution >= 0.6 is 11.6 Å². The molecule has 0 fully saturated rings. The van der Waals surface area contributed by atoms with Gasteiger partial charge in [0.1, 0.15) is 17.9 Å². The molecule has 0 aromatic heterocycles. The molecule has 0 spiro atoms. The molecular weight excluding hydrogens is 338 g/mol. The van der Waals surface area contributed by atoms with Crippen molar-refractivity contribution in [3.05, 3.63) is 53.6 Å². The summed E-state index contributed by atoms with van der Waals surface area (Å²) in [5.41, 5.74) is 0.880. The lowest BCUT2D eigenvalue weighted by atomic mass is 10.1. The molecule has 5 heteroatoms. The number of nitrogens with zero attached hydrogens (tertiary/aromatic N) is 1. The zero-order chi connectivity index (χ0) is 18.1. The molecular formula is C20H22ClNO3. The van der Waals surface area contributed by atoms with Crippen LogP contribution in [0.2, 0.25) is 5.02 Å². The van der Waals surface area contributed by atoms with Crippen LogP contribution in [0, 0.1) is 0 Å². The lowest BCUT2D eigenvalue weighted by Crippen LogP contribution is -2.38. The largest absolute Gasteiger partial charge is 0.478 e. The van der Waals surface area contributed by atoms with Crippen LogP contribution in [0.4, 0.5) is 0 Å². The molecule has 4 nitrogen and oxygen atoms in total. The van der Waals surface area contributed by atoms with E-state index in [0.717, 1.165) is 21.9 Å². The van der Waals surface area contributed by atoms with E-state index >= 15 is 0 Å². The first-order valence-electron chi connectivity index (χ1n) is 8.20. The van der Waals surface area contributed by atoms with Crippen LogP contribution in [-0.4, -0.2) is 35.4 Å². The Balaban J connectivity index is 1.75. The second-order valence-electron chi connectivity index (χ2n) is 7.00. The molecule has 0 aliphatic carbocycles. The molecule has 1 aliphatic heterocycles. The molecule has 0 saturated heterocycles. The van der Waals surface area contributed by atoms with Gasteiger partial charge in [-0.2, -0.15) is 0 Å². The SMILES string of the molecule is CC1(CO)COC(C(C)(C)Oc2ccc(-c3ccc(Cl)cc3)cc2)=N1. The molecule has 2 aromatic carbocycles. The number of rotatable bonds is 5. The Labute approximate surface area is 153 Å². The Morgan fingerprint density at radius 1 is 1.12 bits per heavy atom. The fourth-order valence-corrected chi connectivity index (χ4v) is 2.74. The first kappa shape index (κ1) is 17.8. The van der Waals surface area contributed by atoms with Crippen molar-refractivity contribution in [1.29, 1.82) is 0 Å². The van der Waals surface area contributed by atoms with E-state index in [1.807, 2.05) is 69.3 Å². The fraction of sp³-hybridized carbons (Fsp3) is 0.350. The van der Waals surface area contributed by atoms with E-state index in [1.54, 1.807) is 0 Å². The van der Waals surface area contributed by atoms with Crippen molar-refractivity contribution in [1.82, 2.24) is 0 Å². The molecule has 1 atom stereocenters. The molecule has 0 amide bonds. The number of benzene rings is 2. The maximum Gasteiger partial charge on any atom is 0.229 e. The summed E-state index contributed by atoms with van der Waals surface area (Å²) in [6.45, 7) is 5.98. The molecule has 1 heterocycles. The van der Waals surface area contributed by atoms with Gasteiger partial charge in [-0.3, -0.25) is 0 Å². The molecule has 0 bridgehead atoms. The summed E-state index contributed by atoms with van der Waals surface area (Å²) in [5, 5.41) is 10.1. The van der Waals surface area contributed by atoms with Crippen LogP contribution < -0.4 is 4.74 Å². The van der Waals surface area contributed by atoms with Crippen molar-refractivity contribution in [3.8, 4) is 16.9 Å². The Morgan fingerprint density at radius 2 is 1.68 bits per heavy atom. The van der Waals surface area contributed by atoms with Gasteiger partial charge in [0.2, 0.25) is 5.90 Å². The molecule has 25 heavy (non-hydrogen) atoms. The van der Waals surface area contributed by atoms with Gasteiger partial charge in [0.15, 0.2) is 5.60 Å². The second-order valence-corrected chi connectivity index (χ2v) is 7.44. The highest BCUT2D eigenvalue weighted by atomic mass is 35.5. The minimum absolute atomic E-state index is 0.0532. The third-order valence-corrected chi connectivity index (χ3v) is 4.40. The molecule has 0 radical (unpaired) electrons. The summed E-state index contributed by atoms with van der Waals surface area (Å²) in [7, 11) is 0. The standard InChI is InChI=1S/C20H22ClNO3/c1-19(2,18-22-20(3,12-23)13-24-18)25-17-10-6-15(7-11-17)14-4-8-16(21)9-5-14/h4-11,23H,12-13H2,1-3H3. The van der Waals surface area contributed by atoms with Gasteiger partial charge in [-0.05, 0) is 56.2 Å². The van der Waals surface area contributed by atoms with Crippen LogP contribution in [-0.2, 0) is 4.74 Å². The van der Waals surface area contributed by atoms with Gasteiger partial charge in [0, 0.05) is 5.02 Å². The predicted molar refractivity (Wildman–Crippen MR) is 100 cm³/mol. The molecule has 132 valence electrons. The van der Waals surface area contributed by atoms with Gasteiger partial charge in [-0.25, -0.2) is 4.99 Å². The fourth-order valence-electron chi connectivity index (χ4n) is 2.62. The zero-order valence-corrected chi connectivity index (χ0v) is 15.4. The highest BCUT2D eigenvalue weighted by Crippen LogP contribution is 2.29. The van der Waals surface area contributed by atoms with E-state index in [4.69, 9.17) is 21.1 Å². The number of hydrogen-bond donors (Lipinski definition) is 1. The predicted octanol–water partition coefficient (Wildman–Crippen LogP) is 4.34. The summed E-state index contributed by atoms with van der Waals surface area (Å²) >= 11 is 5.93. The van der Waals surface area contributed by atoms with Gasteiger partial charge in [-0.1, -0.05) is 35.9 Å². The summed E-state index contributed by atoms with van der Waals surface area (Å²) < 4.78 is 11.7. The van der Waals surface area contributed by atoms with Gasteiger partial charge in [0.05, 0.1) is 6.61 Å². The van der Waals surface area contributed by atoms with Crippen molar-refractivity contribution in [2.45, 2.75) is 31.9 Å².